The molecule has 1 atom stereocenters. The molecule has 4 rings (SSSR count). The van der Waals surface area contributed by atoms with E-state index in [0.29, 0.717) is 18.8 Å². The van der Waals surface area contributed by atoms with Crippen molar-refractivity contribution in [1.82, 2.24) is 20.4 Å². The molecule has 3 N–H and O–H groups in total. The van der Waals surface area contributed by atoms with E-state index in [2.05, 4.69) is 39.6 Å². The number of nitrogens with zero attached hydrogens (tertiary/aromatic N) is 2. The number of benzene rings is 1. The monoisotopic (exact) mass is 557 g/mol. The van der Waals surface area contributed by atoms with Crippen LogP contribution in [-0.4, -0.2) is 63.1 Å². The van der Waals surface area contributed by atoms with Crippen molar-refractivity contribution in [3.05, 3.63) is 47.2 Å². The van der Waals surface area contributed by atoms with Crippen molar-refractivity contribution >= 4 is 33.8 Å². The third-order valence-corrected chi connectivity index (χ3v) is 11.3. The molecule has 1 saturated carbocycles. The van der Waals surface area contributed by atoms with Crippen LogP contribution in [-0.2, 0) is 26.4 Å². The predicted molar refractivity (Wildman–Crippen MR) is 156 cm³/mol. The van der Waals surface area contributed by atoms with Crippen molar-refractivity contribution < 1.29 is 19.1 Å². The summed E-state index contributed by atoms with van der Waals surface area (Å²) in [6.45, 7) is 6.29. The molecule has 0 bridgehead atoms. The molecule has 2 aliphatic rings. The zero-order chi connectivity index (χ0) is 28.4. The standard InChI is InChI=1S/C29H43N5O4S/c1-7-8-15-23(35)38-19-22(20-13-10-9-11-14-20)30-27(37)34-18-21-24(28(34,2)3)32-33-25(21)31-26(36)29(16-12-17-29)39(4,5)6/h9-11,13-14,22H,7-8,12,15-19H2,1-6H3,(H,30,37)(H2,31,32,33,36)/t22-/m1/s1. The molecule has 39 heavy (non-hydrogen) atoms. The van der Waals surface area contributed by atoms with Gasteiger partial charge in [-0.25, -0.2) is 14.8 Å². The van der Waals surface area contributed by atoms with Crippen molar-refractivity contribution in [3.8, 4) is 0 Å². The van der Waals surface area contributed by atoms with Gasteiger partial charge >= 0.3 is 12.0 Å². The van der Waals surface area contributed by atoms with Crippen LogP contribution in [0, 0.1) is 0 Å². The highest BCUT2D eigenvalue weighted by Gasteiger charge is 2.51. The molecule has 1 aromatic carbocycles. The SMILES string of the molecule is CCCCC(=O)OC[C@@H](NC(=O)N1Cc2c(NC(=O)C3(S(C)(C)C)CCC3)n[nH]c2C1(C)C)c1ccccc1. The smallest absolute Gasteiger partial charge is 0.319 e. The Balaban J connectivity index is 1.49. The molecule has 10 heteroatoms. The lowest BCUT2D eigenvalue weighted by atomic mass is 9.83. The number of hydrogen-bond acceptors (Lipinski definition) is 5. The van der Waals surface area contributed by atoms with E-state index in [1.54, 1.807) is 4.90 Å². The number of aromatic amines is 1. The summed E-state index contributed by atoms with van der Waals surface area (Å²) in [7, 11) is -1.11. The number of fused-ring (bicyclic) bond motifs is 1. The first-order chi connectivity index (χ1) is 18.4. The number of urea groups is 1. The summed E-state index contributed by atoms with van der Waals surface area (Å²) in [6.07, 6.45) is 11.5. The maximum absolute atomic E-state index is 13.7. The molecular weight excluding hydrogens is 514 g/mol. The third-order valence-electron chi connectivity index (χ3n) is 8.34. The Morgan fingerprint density at radius 1 is 1.15 bits per heavy atom. The molecule has 0 saturated heterocycles. The summed E-state index contributed by atoms with van der Waals surface area (Å²) in [4.78, 5) is 41.0. The highest BCUT2D eigenvalue weighted by molar-refractivity contribution is 8.33. The topological polar surface area (TPSA) is 116 Å². The van der Waals surface area contributed by atoms with Gasteiger partial charge in [-0.1, -0.05) is 43.7 Å². The number of rotatable bonds is 10. The molecule has 2 heterocycles. The number of carbonyl (C=O) groups excluding carboxylic acids is 3. The molecule has 0 unspecified atom stereocenters. The van der Waals surface area contributed by atoms with Crippen LogP contribution in [0.15, 0.2) is 30.3 Å². The molecule has 2 aromatic rings. The maximum atomic E-state index is 13.7. The van der Waals surface area contributed by atoms with Crippen molar-refractivity contribution in [3.63, 3.8) is 0 Å². The first kappa shape index (κ1) is 29.0. The summed E-state index contributed by atoms with van der Waals surface area (Å²) in [6, 6.07) is 8.74. The molecule has 214 valence electrons. The second-order valence-electron chi connectivity index (χ2n) is 11.9. The second kappa shape index (κ2) is 11.2. The van der Waals surface area contributed by atoms with Crippen LogP contribution < -0.4 is 10.6 Å². The zero-order valence-electron chi connectivity index (χ0n) is 24.1. The van der Waals surface area contributed by atoms with Gasteiger partial charge in [-0.15, -0.1) is 0 Å². The van der Waals surface area contributed by atoms with Crippen molar-refractivity contribution in [2.75, 3.05) is 30.7 Å². The number of H-pyrrole nitrogens is 1. The van der Waals surface area contributed by atoms with Crippen LogP contribution in [0.2, 0.25) is 0 Å². The number of hydrogen-bond donors (Lipinski definition) is 3. The van der Waals surface area contributed by atoms with E-state index < -0.39 is 21.6 Å². The lowest BCUT2D eigenvalue weighted by molar-refractivity contribution is -0.144. The van der Waals surface area contributed by atoms with Crippen LogP contribution in [0.1, 0.15) is 82.2 Å². The highest BCUT2D eigenvalue weighted by atomic mass is 32.3. The van der Waals surface area contributed by atoms with Gasteiger partial charge in [0.05, 0.1) is 28.6 Å². The molecular formula is C29H43N5O4S. The van der Waals surface area contributed by atoms with Gasteiger partial charge in [0.15, 0.2) is 5.82 Å². The molecule has 3 amide bonds. The van der Waals surface area contributed by atoms with E-state index >= 15 is 0 Å². The van der Waals surface area contributed by atoms with Gasteiger partial charge in [-0.05, 0) is 63.9 Å². The third kappa shape index (κ3) is 5.66. The fraction of sp³-hybridized carbons (Fsp3) is 0.586. The Bertz CT molecular complexity index is 1200. The largest absolute Gasteiger partial charge is 0.463 e. The fourth-order valence-electron chi connectivity index (χ4n) is 5.48. The van der Waals surface area contributed by atoms with E-state index in [1.807, 2.05) is 51.1 Å². The van der Waals surface area contributed by atoms with Gasteiger partial charge in [-0.3, -0.25) is 14.7 Å². The zero-order valence-corrected chi connectivity index (χ0v) is 24.9. The van der Waals surface area contributed by atoms with Crippen molar-refractivity contribution in [1.29, 1.82) is 0 Å². The van der Waals surface area contributed by atoms with E-state index in [0.717, 1.165) is 48.9 Å². The van der Waals surface area contributed by atoms with E-state index in [-0.39, 0.29) is 29.3 Å². The molecule has 1 aliphatic carbocycles. The normalized spacial score (nSPS) is 18.5. The van der Waals surface area contributed by atoms with Crippen LogP contribution in [0.4, 0.5) is 10.6 Å². The number of nitrogens with one attached hydrogen (secondary N) is 3. The molecule has 1 fully saturated rings. The highest BCUT2D eigenvalue weighted by Crippen LogP contribution is 2.60. The molecule has 0 radical (unpaired) electrons. The molecule has 1 aromatic heterocycles. The summed E-state index contributed by atoms with van der Waals surface area (Å²) in [5, 5.41) is 13.7. The van der Waals surface area contributed by atoms with Crippen molar-refractivity contribution in [2.24, 2.45) is 0 Å². The van der Waals surface area contributed by atoms with Crippen LogP contribution >= 0.6 is 10.0 Å². The average molecular weight is 558 g/mol. The Labute approximate surface area is 233 Å². The lowest BCUT2D eigenvalue weighted by Crippen LogP contribution is -2.51. The van der Waals surface area contributed by atoms with Gasteiger partial charge in [-0.2, -0.15) is 5.10 Å². The average Bonchev–Trinajstić information content (AvgIpc) is 3.36. The number of aromatic nitrogens is 2. The second-order valence-corrected chi connectivity index (χ2v) is 16.4. The van der Waals surface area contributed by atoms with Gasteiger partial charge in [0.1, 0.15) is 6.61 Å². The lowest BCUT2D eigenvalue weighted by Gasteiger charge is -2.53. The number of amides is 3. The summed E-state index contributed by atoms with van der Waals surface area (Å²) < 4.78 is 5.20. The first-order valence-corrected chi connectivity index (χ1v) is 16.6. The summed E-state index contributed by atoms with van der Waals surface area (Å²) in [5.41, 5.74) is 1.80. The number of unbranched alkanes of at least 4 members (excludes halogenated alkanes) is 1. The number of ether oxygens (including phenoxy) is 1. The first-order valence-electron chi connectivity index (χ1n) is 13.8. The Morgan fingerprint density at radius 2 is 1.85 bits per heavy atom. The Hall–Kier alpha value is -3.01. The Morgan fingerprint density at radius 3 is 2.44 bits per heavy atom. The molecule has 1 aliphatic heterocycles. The minimum absolute atomic E-state index is 0.0280. The van der Waals surface area contributed by atoms with Crippen LogP contribution in [0.5, 0.6) is 0 Å². The van der Waals surface area contributed by atoms with E-state index in [9.17, 15) is 14.4 Å². The summed E-state index contributed by atoms with van der Waals surface area (Å²) >= 11 is 0. The predicted octanol–water partition coefficient (Wildman–Crippen LogP) is 5.20. The molecule has 9 nitrogen and oxygen atoms in total. The number of anilines is 1. The fourth-order valence-corrected chi connectivity index (χ4v) is 7.61. The minimum Gasteiger partial charge on any atom is -0.463 e. The van der Waals surface area contributed by atoms with Crippen LogP contribution in [0.3, 0.4) is 0 Å². The Kier molecular flexibility index (Phi) is 8.35. The minimum atomic E-state index is -1.11. The van der Waals surface area contributed by atoms with E-state index in [4.69, 9.17) is 4.74 Å². The molecule has 0 spiro atoms. The van der Waals surface area contributed by atoms with Gasteiger partial charge in [0, 0.05) is 12.0 Å². The quantitative estimate of drug-likeness (QED) is 0.347. The maximum Gasteiger partial charge on any atom is 0.319 e. The van der Waals surface area contributed by atoms with Crippen molar-refractivity contribution in [2.45, 2.75) is 82.2 Å². The van der Waals surface area contributed by atoms with Gasteiger partial charge in [0.25, 0.3) is 0 Å². The summed E-state index contributed by atoms with van der Waals surface area (Å²) in [5.74, 6) is 0.259. The van der Waals surface area contributed by atoms with Gasteiger partial charge in [0.2, 0.25) is 5.91 Å². The number of esters is 1. The van der Waals surface area contributed by atoms with E-state index in [1.165, 1.54) is 0 Å². The van der Waals surface area contributed by atoms with Gasteiger partial charge < -0.3 is 20.3 Å². The number of carbonyl (C=O) groups is 3. The van der Waals surface area contributed by atoms with Crippen LogP contribution in [0.25, 0.3) is 0 Å².